The number of carbonyl (C=O) groups is 1. The van der Waals surface area contributed by atoms with E-state index in [0.29, 0.717) is 25.2 Å². The van der Waals surface area contributed by atoms with E-state index in [1.807, 2.05) is 0 Å². The molecular weight excluding hydrogens is 264 g/mol. The number of nitrogens with one attached hydrogen (secondary N) is 2. The molecule has 0 bridgehead atoms. The van der Waals surface area contributed by atoms with E-state index in [9.17, 15) is 4.79 Å². The minimum Gasteiger partial charge on any atom is -0.378 e. The molecule has 2 N–H and O–H groups in total. The van der Waals surface area contributed by atoms with Crippen molar-refractivity contribution in [1.29, 1.82) is 0 Å². The molecule has 4 heteroatoms. The minimum absolute atomic E-state index is 0.0952. The van der Waals surface area contributed by atoms with Crippen molar-refractivity contribution in [2.45, 2.75) is 43.7 Å². The Labute approximate surface area is 126 Å². The van der Waals surface area contributed by atoms with Crippen molar-refractivity contribution in [2.24, 2.45) is 0 Å². The van der Waals surface area contributed by atoms with E-state index in [1.165, 1.54) is 5.56 Å². The molecule has 4 nitrogen and oxygen atoms in total. The van der Waals surface area contributed by atoms with Crippen LogP contribution in [0.25, 0.3) is 0 Å². The van der Waals surface area contributed by atoms with Crippen molar-refractivity contribution >= 4 is 5.91 Å². The molecule has 1 atom stereocenters. The maximum absolute atomic E-state index is 12.2. The van der Waals surface area contributed by atoms with Gasteiger partial charge in [0.05, 0.1) is 13.2 Å². The molecule has 1 aliphatic carbocycles. The van der Waals surface area contributed by atoms with Crippen LogP contribution in [0.1, 0.15) is 37.2 Å². The maximum Gasteiger partial charge on any atom is 0.239 e. The Kier molecular flexibility index (Phi) is 4.88. The van der Waals surface area contributed by atoms with Crippen molar-refractivity contribution < 1.29 is 9.53 Å². The fraction of sp³-hybridized carbons (Fsp3) is 0.588. The van der Waals surface area contributed by atoms with Crippen molar-refractivity contribution in [1.82, 2.24) is 10.6 Å². The molecule has 3 rings (SSSR count). The Balaban J connectivity index is 1.46. The molecule has 0 radical (unpaired) electrons. The topological polar surface area (TPSA) is 50.4 Å². The van der Waals surface area contributed by atoms with E-state index in [-0.39, 0.29) is 11.9 Å². The zero-order valence-corrected chi connectivity index (χ0v) is 12.4. The monoisotopic (exact) mass is 288 g/mol. The summed E-state index contributed by atoms with van der Waals surface area (Å²) in [5.41, 5.74) is 1.43. The lowest BCUT2D eigenvalue weighted by Crippen LogP contribution is -2.53. The van der Waals surface area contributed by atoms with Crippen molar-refractivity contribution in [3.05, 3.63) is 35.9 Å². The SMILES string of the molecule is O=C(NC1CCC(c2ccccc2)CC1)C1COCCN1. The highest BCUT2D eigenvalue weighted by Gasteiger charge is 2.27. The van der Waals surface area contributed by atoms with Crippen LogP contribution < -0.4 is 10.6 Å². The van der Waals surface area contributed by atoms with Gasteiger partial charge in [-0.05, 0) is 37.2 Å². The summed E-state index contributed by atoms with van der Waals surface area (Å²) in [5, 5.41) is 6.39. The van der Waals surface area contributed by atoms with Gasteiger partial charge < -0.3 is 15.4 Å². The van der Waals surface area contributed by atoms with E-state index in [0.717, 1.165) is 32.2 Å². The third-order valence-corrected chi connectivity index (χ3v) is 4.58. The molecule has 0 aromatic heterocycles. The highest BCUT2D eigenvalue weighted by atomic mass is 16.5. The second-order valence-electron chi connectivity index (χ2n) is 6.05. The average Bonchev–Trinajstić information content (AvgIpc) is 2.57. The van der Waals surface area contributed by atoms with Crippen LogP contribution in [-0.4, -0.2) is 37.7 Å². The average molecular weight is 288 g/mol. The van der Waals surface area contributed by atoms with Crippen molar-refractivity contribution in [2.75, 3.05) is 19.8 Å². The zero-order valence-electron chi connectivity index (χ0n) is 12.4. The molecule has 1 aromatic rings. The lowest BCUT2D eigenvalue weighted by Gasteiger charge is -2.31. The molecule has 21 heavy (non-hydrogen) atoms. The van der Waals surface area contributed by atoms with Gasteiger partial charge in [0.15, 0.2) is 0 Å². The number of hydrogen-bond donors (Lipinski definition) is 2. The van der Waals surface area contributed by atoms with Gasteiger partial charge >= 0.3 is 0 Å². The van der Waals surface area contributed by atoms with Gasteiger partial charge in [0.2, 0.25) is 5.91 Å². The van der Waals surface area contributed by atoms with E-state index in [4.69, 9.17) is 4.74 Å². The Morgan fingerprint density at radius 3 is 2.57 bits per heavy atom. The Morgan fingerprint density at radius 2 is 1.90 bits per heavy atom. The molecule has 114 valence electrons. The summed E-state index contributed by atoms with van der Waals surface area (Å²) in [7, 11) is 0. The largest absolute Gasteiger partial charge is 0.378 e. The summed E-state index contributed by atoms with van der Waals surface area (Å²) >= 11 is 0. The number of rotatable bonds is 3. The van der Waals surface area contributed by atoms with Gasteiger partial charge in [0.1, 0.15) is 6.04 Å². The molecular formula is C17H24N2O2. The summed E-state index contributed by atoms with van der Waals surface area (Å²) in [5.74, 6) is 0.744. The molecule has 1 aromatic carbocycles. The summed E-state index contributed by atoms with van der Waals surface area (Å²) in [6, 6.07) is 10.9. The second-order valence-corrected chi connectivity index (χ2v) is 6.05. The molecule has 1 saturated carbocycles. The molecule has 1 saturated heterocycles. The number of hydrogen-bond acceptors (Lipinski definition) is 3. The number of carbonyl (C=O) groups excluding carboxylic acids is 1. The van der Waals surface area contributed by atoms with Gasteiger partial charge in [0.25, 0.3) is 0 Å². The minimum atomic E-state index is -0.175. The van der Waals surface area contributed by atoms with Gasteiger partial charge in [-0.15, -0.1) is 0 Å². The van der Waals surface area contributed by atoms with Crippen LogP contribution >= 0.6 is 0 Å². The van der Waals surface area contributed by atoms with Gasteiger partial charge in [-0.1, -0.05) is 30.3 Å². The molecule has 1 unspecified atom stereocenters. The van der Waals surface area contributed by atoms with Gasteiger partial charge in [-0.3, -0.25) is 4.79 Å². The first-order chi connectivity index (χ1) is 10.3. The molecule has 1 aliphatic heterocycles. The number of amides is 1. The fourth-order valence-electron chi connectivity index (χ4n) is 3.33. The molecule has 0 spiro atoms. The normalized spacial score (nSPS) is 29.8. The van der Waals surface area contributed by atoms with E-state index in [1.54, 1.807) is 0 Å². The van der Waals surface area contributed by atoms with Gasteiger partial charge in [-0.25, -0.2) is 0 Å². The first kappa shape index (κ1) is 14.5. The lowest BCUT2D eigenvalue weighted by atomic mass is 9.82. The third-order valence-electron chi connectivity index (χ3n) is 4.58. The highest BCUT2D eigenvalue weighted by Crippen LogP contribution is 2.32. The van der Waals surface area contributed by atoms with Crippen LogP contribution in [0.4, 0.5) is 0 Å². The van der Waals surface area contributed by atoms with E-state index in [2.05, 4.69) is 41.0 Å². The standard InChI is InChI=1S/C17H24N2O2/c20-17(16-12-21-11-10-18-16)19-15-8-6-14(7-9-15)13-4-2-1-3-5-13/h1-5,14-16,18H,6-12H2,(H,19,20). The Morgan fingerprint density at radius 1 is 1.14 bits per heavy atom. The quantitative estimate of drug-likeness (QED) is 0.892. The first-order valence-electron chi connectivity index (χ1n) is 7.99. The Bertz CT molecular complexity index is 449. The molecule has 1 amide bonds. The fourth-order valence-corrected chi connectivity index (χ4v) is 3.33. The highest BCUT2D eigenvalue weighted by molar-refractivity contribution is 5.82. The smallest absolute Gasteiger partial charge is 0.239 e. The molecule has 2 fully saturated rings. The lowest BCUT2D eigenvalue weighted by molar-refractivity contribution is -0.126. The van der Waals surface area contributed by atoms with Crippen LogP contribution in [0.3, 0.4) is 0 Å². The third kappa shape index (κ3) is 3.83. The van der Waals surface area contributed by atoms with Gasteiger partial charge in [-0.2, -0.15) is 0 Å². The Hall–Kier alpha value is -1.39. The van der Waals surface area contributed by atoms with E-state index < -0.39 is 0 Å². The van der Waals surface area contributed by atoms with Crippen LogP contribution in [0.15, 0.2) is 30.3 Å². The van der Waals surface area contributed by atoms with Crippen LogP contribution in [0.2, 0.25) is 0 Å². The number of morpholine rings is 1. The second kappa shape index (κ2) is 7.05. The molecule has 1 heterocycles. The summed E-state index contributed by atoms with van der Waals surface area (Å²) in [6.07, 6.45) is 4.45. The van der Waals surface area contributed by atoms with Crippen LogP contribution in [-0.2, 0) is 9.53 Å². The summed E-state index contributed by atoms with van der Waals surface area (Å²) in [4.78, 5) is 12.2. The first-order valence-corrected chi connectivity index (χ1v) is 7.99. The van der Waals surface area contributed by atoms with Crippen LogP contribution in [0, 0.1) is 0 Å². The predicted molar refractivity (Wildman–Crippen MR) is 82.2 cm³/mol. The number of ether oxygens (including phenoxy) is 1. The zero-order chi connectivity index (χ0) is 14.5. The summed E-state index contributed by atoms with van der Waals surface area (Å²) in [6.45, 7) is 1.95. The van der Waals surface area contributed by atoms with Crippen molar-refractivity contribution in [3.8, 4) is 0 Å². The van der Waals surface area contributed by atoms with Crippen molar-refractivity contribution in [3.63, 3.8) is 0 Å². The predicted octanol–water partition coefficient (Wildman–Crippen LogP) is 1.82. The molecule has 2 aliphatic rings. The van der Waals surface area contributed by atoms with E-state index >= 15 is 0 Å². The van der Waals surface area contributed by atoms with Crippen LogP contribution in [0.5, 0.6) is 0 Å². The summed E-state index contributed by atoms with van der Waals surface area (Å²) < 4.78 is 5.34. The number of benzene rings is 1. The maximum atomic E-state index is 12.2. The van der Waals surface area contributed by atoms with Gasteiger partial charge in [0, 0.05) is 12.6 Å².